The van der Waals surface area contributed by atoms with E-state index in [0.717, 1.165) is 11.1 Å². The average Bonchev–Trinajstić information content (AvgIpc) is 2.76. The number of nitrogens with one attached hydrogen (secondary N) is 2. The summed E-state index contributed by atoms with van der Waals surface area (Å²) in [5.41, 5.74) is 2.16. The largest absolute Gasteiger partial charge is 0.497 e. The Labute approximate surface area is 191 Å². The van der Waals surface area contributed by atoms with Crippen LogP contribution in [0.4, 0.5) is 5.69 Å². The van der Waals surface area contributed by atoms with Crippen molar-refractivity contribution >= 4 is 44.8 Å². The molecule has 0 spiro atoms. The molecule has 1 amide bonds. The molecule has 0 aliphatic carbocycles. The molecule has 162 valence electrons. The molecule has 0 aliphatic heterocycles. The first-order valence-corrected chi connectivity index (χ1v) is 11.5. The number of carbonyl (C=O) groups excluding carboxylic acids is 1. The second kappa shape index (κ2) is 10.2. The molecule has 3 rings (SSSR count). The van der Waals surface area contributed by atoms with Crippen LogP contribution in [0.1, 0.15) is 11.1 Å². The van der Waals surface area contributed by atoms with Crippen LogP contribution in [-0.4, -0.2) is 28.0 Å². The van der Waals surface area contributed by atoms with Gasteiger partial charge in [0.15, 0.2) is 0 Å². The Kier molecular flexibility index (Phi) is 7.56. The molecule has 0 fully saturated rings. The highest BCUT2D eigenvalue weighted by Crippen LogP contribution is 2.26. The average molecular weight is 479 g/mol. The first kappa shape index (κ1) is 23.1. The molecule has 9 heteroatoms. The normalized spacial score (nSPS) is 11.2. The SMILES string of the molecule is COc1ccc(S(=O)(=O)NCC(=O)Nc2ccc(Cl)cc2Cc2ccccc2Cl)cc1. The van der Waals surface area contributed by atoms with E-state index in [2.05, 4.69) is 10.0 Å². The van der Waals surface area contributed by atoms with Crippen LogP contribution in [-0.2, 0) is 21.2 Å². The van der Waals surface area contributed by atoms with Crippen molar-refractivity contribution in [2.24, 2.45) is 0 Å². The Hall–Kier alpha value is -2.58. The number of hydrogen-bond donors (Lipinski definition) is 2. The van der Waals surface area contributed by atoms with Gasteiger partial charge in [-0.25, -0.2) is 13.1 Å². The summed E-state index contributed by atoms with van der Waals surface area (Å²) in [4.78, 5) is 12.5. The summed E-state index contributed by atoms with van der Waals surface area (Å²) >= 11 is 12.4. The van der Waals surface area contributed by atoms with Crippen LogP contribution < -0.4 is 14.8 Å². The molecule has 31 heavy (non-hydrogen) atoms. The third kappa shape index (κ3) is 6.21. The lowest BCUT2D eigenvalue weighted by atomic mass is 10.0. The number of ether oxygens (including phenoxy) is 1. The van der Waals surface area contributed by atoms with E-state index in [9.17, 15) is 13.2 Å². The van der Waals surface area contributed by atoms with Gasteiger partial charge in [-0.3, -0.25) is 4.79 Å². The second-order valence-corrected chi connectivity index (χ2v) is 9.23. The highest BCUT2D eigenvalue weighted by molar-refractivity contribution is 7.89. The molecule has 0 heterocycles. The molecular weight excluding hydrogens is 459 g/mol. The highest BCUT2D eigenvalue weighted by atomic mass is 35.5. The Bertz CT molecular complexity index is 1180. The van der Waals surface area contributed by atoms with E-state index < -0.39 is 22.5 Å². The molecule has 0 aliphatic rings. The van der Waals surface area contributed by atoms with Crippen LogP contribution in [0.25, 0.3) is 0 Å². The first-order valence-electron chi connectivity index (χ1n) is 9.24. The van der Waals surface area contributed by atoms with Crippen molar-refractivity contribution < 1.29 is 17.9 Å². The van der Waals surface area contributed by atoms with E-state index >= 15 is 0 Å². The molecular formula is C22H20Cl2N2O4S. The molecule has 6 nitrogen and oxygen atoms in total. The number of halogens is 2. The first-order chi connectivity index (χ1) is 14.8. The Morgan fingerprint density at radius 3 is 2.35 bits per heavy atom. The number of carbonyl (C=O) groups is 1. The maximum Gasteiger partial charge on any atom is 0.241 e. The van der Waals surface area contributed by atoms with Gasteiger partial charge in [-0.1, -0.05) is 41.4 Å². The monoisotopic (exact) mass is 478 g/mol. The van der Waals surface area contributed by atoms with E-state index in [1.54, 1.807) is 24.3 Å². The van der Waals surface area contributed by atoms with Gasteiger partial charge in [0.2, 0.25) is 15.9 Å². The zero-order valence-corrected chi connectivity index (χ0v) is 18.9. The summed E-state index contributed by atoms with van der Waals surface area (Å²) in [5.74, 6) is 0.0188. The van der Waals surface area contributed by atoms with E-state index in [-0.39, 0.29) is 4.90 Å². The van der Waals surface area contributed by atoms with Crippen molar-refractivity contribution in [3.63, 3.8) is 0 Å². The Balaban J connectivity index is 1.69. The van der Waals surface area contributed by atoms with Crippen molar-refractivity contribution in [1.82, 2.24) is 4.72 Å². The van der Waals surface area contributed by atoms with Crippen molar-refractivity contribution in [2.75, 3.05) is 19.0 Å². The summed E-state index contributed by atoms with van der Waals surface area (Å²) in [5, 5.41) is 3.85. The Morgan fingerprint density at radius 2 is 1.68 bits per heavy atom. The van der Waals surface area contributed by atoms with Crippen LogP contribution in [0, 0.1) is 0 Å². The van der Waals surface area contributed by atoms with E-state index in [0.29, 0.717) is 27.9 Å². The lowest BCUT2D eigenvalue weighted by Gasteiger charge is -2.13. The van der Waals surface area contributed by atoms with Crippen LogP contribution in [0.2, 0.25) is 10.0 Å². The summed E-state index contributed by atoms with van der Waals surface area (Å²) in [6.07, 6.45) is 0.452. The summed E-state index contributed by atoms with van der Waals surface area (Å²) in [7, 11) is -2.36. The zero-order valence-electron chi connectivity index (χ0n) is 16.6. The summed E-state index contributed by atoms with van der Waals surface area (Å²) in [6.45, 7) is -0.428. The quantitative estimate of drug-likeness (QED) is 0.498. The fourth-order valence-electron chi connectivity index (χ4n) is 2.87. The molecule has 0 aromatic heterocycles. The fraction of sp³-hybridized carbons (Fsp3) is 0.136. The third-order valence-electron chi connectivity index (χ3n) is 4.47. The lowest BCUT2D eigenvalue weighted by molar-refractivity contribution is -0.115. The van der Waals surface area contributed by atoms with Gasteiger partial charge >= 0.3 is 0 Å². The number of amides is 1. The topological polar surface area (TPSA) is 84.5 Å². The molecule has 0 radical (unpaired) electrons. The van der Waals surface area contributed by atoms with Gasteiger partial charge in [0, 0.05) is 22.2 Å². The van der Waals surface area contributed by atoms with Crippen molar-refractivity contribution in [2.45, 2.75) is 11.3 Å². The molecule has 0 unspecified atom stereocenters. The van der Waals surface area contributed by atoms with Gasteiger partial charge in [-0.15, -0.1) is 0 Å². The minimum atomic E-state index is -3.85. The molecule has 3 aromatic carbocycles. The van der Waals surface area contributed by atoms with Gasteiger partial charge in [0.1, 0.15) is 5.75 Å². The summed E-state index contributed by atoms with van der Waals surface area (Å²) in [6, 6.07) is 18.3. The fourth-order valence-corrected chi connectivity index (χ4v) is 4.25. The predicted octanol–water partition coefficient (Wildman–Crippen LogP) is 4.51. The molecule has 3 aromatic rings. The Morgan fingerprint density at radius 1 is 0.968 bits per heavy atom. The van der Waals surface area contributed by atoms with Crippen LogP contribution in [0.5, 0.6) is 5.75 Å². The van der Waals surface area contributed by atoms with Gasteiger partial charge in [-0.2, -0.15) is 0 Å². The molecule has 0 atom stereocenters. The molecule has 0 bridgehead atoms. The predicted molar refractivity (Wildman–Crippen MR) is 123 cm³/mol. The van der Waals surface area contributed by atoms with Gasteiger partial charge in [0.25, 0.3) is 0 Å². The zero-order chi connectivity index (χ0) is 22.4. The van der Waals surface area contributed by atoms with Crippen molar-refractivity contribution in [1.29, 1.82) is 0 Å². The van der Waals surface area contributed by atoms with E-state index in [1.807, 2.05) is 18.2 Å². The van der Waals surface area contributed by atoms with E-state index in [1.165, 1.54) is 31.4 Å². The number of sulfonamides is 1. The number of rotatable bonds is 8. The van der Waals surface area contributed by atoms with Gasteiger partial charge < -0.3 is 10.1 Å². The molecule has 0 saturated carbocycles. The number of methoxy groups -OCH3 is 1. The minimum absolute atomic E-state index is 0.0343. The highest BCUT2D eigenvalue weighted by Gasteiger charge is 2.16. The van der Waals surface area contributed by atoms with Gasteiger partial charge in [0.05, 0.1) is 18.6 Å². The van der Waals surface area contributed by atoms with E-state index in [4.69, 9.17) is 27.9 Å². The van der Waals surface area contributed by atoms with Crippen LogP contribution >= 0.6 is 23.2 Å². The number of hydrogen-bond acceptors (Lipinski definition) is 4. The minimum Gasteiger partial charge on any atom is -0.497 e. The van der Waals surface area contributed by atoms with Crippen molar-refractivity contribution in [3.05, 3.63) is 87.9 Å². The number of benzene rings is 3. The molecule has 2 N–H and O–H groups in total. The van der Waals surface area contributed by atoms with Crippen LogP contribution in [0.15, 0.2) is 71.6 Å². The third-order valence-corrected chi connectivity index (χ3v) is 6.49. The standard InChI is InChI=1S/C22H20Cl2N2O4S/c1-30-18-7-9-19(10-8-18)31(28,29)25-14-22(27)26-21-11-6-17(23)13-16(21)12-15-4-2-3-5-20(15)24/h2-11,13,25H,12,14H2,1H3,(H,26,27). The number of anilines is 1. The smallest absolute Gasteiger partial charge is 0.241 e. The lowest BCUT2D eigenvalue weighted by Crippen LogP contribution is -2.33. The summed E-state index contributed by atoms with van der Waals surface area (Å²) < 4.78 is 32.1. The van der Waals surface area contributed by atoms with Crippen molar-refractivity contribution in [3.8, 4) is 5.75 Å². The van der Waals surface area contributed by atoms with Crippen LogP contribution in [0.3, 0.4) is 0 Å². The maximum absolute atomic E-state index is 12.4. The van der Waals surface area contributed by atoms with Gasteiger partial charge in [-0.05, 0) is 59.7 Å². The maximum atomic E-state index is 12.4. The molecule has 0 saturated heterocycles. The second-order valence-electron chi connectivity index (χ2n) is 6.62.